The fourth-order valence-electron chi connectivity index (χ4n) is 5.81. The molecule has 0 spiro atoms. The third kappa shape index (κ3) is 9.38. The molecular formula is C37H28ClN13O12. The second-order valence-corrected chi connectivity index (χ2v) is 13.0. The number of halogens is 1. The molecule has 0 aliphatic heterocycles. The number of carboxylic acid groups (broad SMARTS) is 4. The van der Waals surface area contributed by atoms with Gasteiger partial charge in [-0.25, -0.2) is 24.0 Å². The maximum atomic E-state index is 13.5. The first kappa shape index (κ1) is 45.0. The molecule has 5 rings (SSSR count). The van der Waals surface area contributed by atoms with Gasteiger partial charge in [0, 0.05) is 18.7 Å². The Balaban J connectivity index is 1.35. The van der Waals surface area contributed by atoms with Gasteiger partial charge in [0.2, 0.25) is 28.7 Å². The van der Waals surface area contributed by atoms with E-state index in [4.69, 9.17) is 18.2 Å². The van der Waals surface area contributed by atoms with Gasteiger partial charge in [-0.15, -0.1) is 20.5 Å². The Morgan fingerprint density at radius 1 is 0.762 bits per heavy atom. The van der Waals surface area contributed by atoms with E-state index in [1.54, 1.807) is 6.07 Å². The standard InChI is InChI=1S/C37H28ClN13O12/c1-15-19(13-39)27(52)50(29(54)25(15)48-46-20-9-4-7-17(31(56)57)22(20)33(60)61)12-6-11-41-36-43-35(38)44-37(45-36)42-14-51-28(53)24(40-3)16(2)26(30(51)55)49-47-21-10-5-8-18(32(58)59)23(21)34(62)63/h4-5,7-10,52-53H,6,11-12,14H2,1-2H3,(H,56,57)(H,58,59)(H,60,61)(H,62,63)(H2,41,42,43,44,45). The highest BCUT2D eigenvalue weighted by atomic mass is 35.5. The number of hydrogen-bond acceptors (Lipinski definition) is 18. The Kier molecular flexibility index (Phi) is 13.5. The molecule has 0 radical (unpaired) electrons. The van der Waals surface area contributed by atoms with Crippen LogP contribution in [-0.2, 0) is 13.2 Å². The Hall–Kier alpha value is -9.10. The number of carboxylic acids is 4. The summed E-state index contributed by atoms with van der Waals surface area (Å²) in [5, 5.41) is 89.8. The van der Waals surface area contributed by atoms with Gasteiger partial charge in [-0.1, -0.05) is 12.1 Å². The molecular weight excluding hydrogens is 854 g/mol. The lowest BCUT2D eigenvalue weighted by Crippen LogP contribution is -2.25. The first-order chi connectivity index (χ1) is 29.9. The predicted molar refractivity (Wildman–Crippen MR) is 216 cm³/mol. The summed E-state index contributed by atoms with van der Waals surface area (Å²) in [5.41, 5.74) is -7.25. The molecule has 0 saturated carbocycles. The molecule has 0 aliphatic carbocycles. The third-order valence-electron chi connectivity index (χ3n) is 8.84. The van der Waals surface area contributed by atoms with Crippen molar-refractivity contribution < 1.29 is 49.8 Å². The van der Waals surface area contributed by atoms with Crippen molar-refractivity contribution in [2.24, 2.45) is 20.5 Å². The van der Waals surface area contributed by atoms with Crippen molar-refractivity contribution in [3.8, 4) is 17.8 Å². The maximum absolute atomic E-state index is 13.5. The second kappa shape index (κ2) is 18.9. The van der Waals surface area contributed by atoms with Gasteiger partial charge in [-0.3, -0.25) is 18.7 Å². The van der Waals surface area contributed by atoms with Crippen LogP contribution in [0.5, 0.6) is 11.8 Å². The number of nitriles is 1. The molecule has 2 aromatic carbocycles. The number of benzene rings is 2. The fraction of sp³-hybridized carbons (Fsp3) is 0.162. The topological polar surface area (TPSA) is 374 Å². The lowest BCUT2D eigenvalue weighted by atomic mass is 10.1. The normalized spacial score (nSPS) is 11.0. The second-order valence-electron chi connectivity index (χ2n) is 12.6. The zero-order valence-corrected chi connectivity index (χ0v) is 33.0. The minimum Gasteiger partial charge on any atom is -0.503 e. The molecule has 5 aromatic rings. The number of pyridine rings is 2. The lowest BCUT2D eigenvalue weighted by molar-refractivity contribution is 0.0652. The summed E-state index contributed by atoms with van der Waals surface area (Å²) in [4.78, 5) is 89.1. The van der Waals surface area contributed by atoms with Crippen LogP contribution in [-0.4, -0.2) is 85.1 Å². The van der Waals surface area contributed by atoms with Crippen LogP contribution in [0.3, 0.4) is 0 Å². The van der Waals surface area contributed by atoms with Crippen LogP contribution in [0.15, 0.2) is 66.4 Å². The molecule has 63 heavy (non-hydrogen) atoms. The Morgan fingerprint density at radius 2 is 1.27 bits per heavy atom. The van der Waals surface area contributed by atoms with Crippen LogP contribution in [0.1, 0.15) is 64.5 Å². The van der Waals surface area contributed by atoms with E-state index in [9.17, 15) is 64.7 Å². The van der Waals surface area contributed by atoms with E-state index >= 15 is 0 Å². The summed E-state index contributed by atoms with van der Waals surface area (Å²) in [7, 11) is 0. The van der Waals surface area contributed by atoms with Crippen molar-refractivity contribution in [2.75, 3.05) is 17.2 Å². The molecule has 0 unspecified atom stereocenters. The van der Waals surface area contributed by atoms with Crippen LogP contribution in [0.4, 0.5) is 40.3 Å². The van der Waals surface area contributed by atoms with Crippen LogP contribution in [0.2, 0.25) is 5.28 Å². The van der Waals surface area contributed by atoms with Gasteiger partial charge < -0.3 is 41.3 Å². The molecule has 8 N–H and O–H groups in total. The highest BCUT2D eigenvalue weighted by Gasteiger charge is 2.24. The van der Waals surface area contributed by atoms with Crippen molar-refractivity contribution in [2.45, 2.75) is 33.5 Å². The highest BCUT2D eigenvalue weighted by molar-refractivity contribution is 6.28. The van der Waals surface area contributed by atoms with E-state index < -0.39 is 104 Å². The molecule has 25 nitrogen and oxygen atoms in total. The molecule has 26 heteroatoms. The molecule has 0 bridgehead atoms. The van der Waals surface area contributed by atoms with Crippen LogP contribution in [0, 0.1) is 31.8 Å². The number of nitrogens with zero attached hydrogens (tertiary/aromatic N) is 11. The number of hydrogen-bond donors (Lipinski definition) is 8. The highest BCUT2D eigenvalue weighted by Crippen LogP contribution is 2.35. The first-order valence-corrected chi connectivity index (χ1v) is 17.9. The van der Waals surface area contributed by atoms with Crippen molar-refractivity contribution in [3.05, 3.63) is 113 Å². The van der Waals surface area contributed by atoms with Crippen molar-refractivity contribution >= 4 is 75.8 Å². The average Bonchev–Trinajstić information content (AvgIpc) is 3.22. The molecule has 0 amide bonds. The molecule has 320 valence electrons. The van der Waals surface area contributed by atoms with Crippen LogP contribution in [0.25, 0.3) is 4.85 Å². The largest absolute Gasteiger partial charge is 0.503 e. The summed E-state index contributed by atoms with van der Waals surface area (Å²) in [5.74, 6) is -8.25. The summed E-state index contributed by atoms with van der Waals surface area (Å²) in [6, 6.07) is 8.61. The number of anilines is 2. The van der Waals surface area contributed by atoms with Crippen molar-refractivity contribution in [1.29, 1.82) is 5.26 Å². The van der Waals surface area contributed by atoms with E-state index in [1.807, 2.05) is 0 Å². The van der Waals surface area contributed by atoms with E-state index in [-0.39, 0.29) is 53.4 Å². The molecule has 0 saturated heterocycles. The average molecular weight is 882 g/mol. The van der Waals surface area contributed by atoms with Crippen LogP contribution >= 0.6 is 11.6 Å². The van der Waals surface area contributed by atoms with Crippen LogP contribution < -0.4 is 21.8 Å². The van der Waals surface area contributed by atoms with Crippen molar-refractivity contribution in [1.82, 2.24) is 24.1 Å². The Bertz CT molecular complexity index is 3020. The van der Waals surface area contributed by atoms with E-state index in [0.29, 0.717) is 4.57 Å². The number of nitrogens with one attached hydrogen (secondary N) is 2. The lowest BCUT2D eigenvalue weighted by Gasteiger charge is -2.15. The Labute approximate surface area is 356 Å². The SMILES string of the molecule is [C-]#[N+]c1c(C)c(N=Nc2cccc(C(=O)O)c2C(=O)O)c(=O)n(CNc2nc(Cl)nc(NCCCn3c(O)c(C#N)c(C)c(N=Nc4cccc(C(=O)O)c4C(=O)O)c3=O)n2)c1O. The number of aromatic carboxylic acids is 4. The monoisotopic (exact) mass is 881 g/mol. The van der Waals surface area contributed by atoms with Crippen molar-refractivity contribution in [3.63, 3.8) is 0 Å². The number of rotatable bonds is 16. The molecule has 0 aliphatic rings. The first-order valence-electron chi connectivity index (χ1n) is 17.5. The van der Waals surface area contributed by atoms with Gasteiger partial charge in [-0.2, -0.15) is 20.2 Å². The van der Waals surface area contributed by atoms with Gasteiger partial charge >= 0.3 is 23.9 Å². The summed E-state index contributed by atoms with van der Waals surface area (Å²) >= 11 is 6.10. The summed E-state index contributed by atoms with van der Waals surface area (Å²) < 4.78 is 1.48. The molecule has 3 aromatic heterocycles. The maximum Gasteiger partial charge on any atom is 0.338 e. The number of aromatic hydroxyl groups is 2. The van der Waals surface area contributed by atoms with Gasteiger partial charge in [0.05, 0.1) is 24.4 Å². The smallest absolute Gasteiger partial charge is 0.338 e. The van der Waals surface area contributed by atoms with E-state index in [0.717, 1.165) is 28.8 Å². The molecule has 3 heterocycles. The number of carbonyl (C=O) groups is 4. The minimum absolute atomic E-state index is 0.0118. The van der Waals surface area contributed by atoms with E-state index in [1.165, 1.54) is 26.0 Å². The van der Waals surface area contributed by atoms with Gasteiger partial charge in [0.1, 0.15) is 39.8 Å². The number of aromatic nitrogens is 5. The predicted octanol–water partition coefficient (Wildman–Crippen LogP) is 5.49. The molecule has 0 fully saturated rings. The fourth-order valence-corrected chi connectivity index (χ4v) is 5.97. The van der Waals surface area contributed by atoms with E-state index in [2.05, 4.69) is 50.9 Å². The zero-order valence-electron chi connectivity index (χ0n) is 32.2. The zero-order chi connectivity index (χ0) is 46.3. The van der Waals surface area contributed by atoms with Gasteiger partial charge in [-0.05, 0) is 61.7 Å². The van der Waals surface area contributed by atoms with Gasteiger partial charge in [0.25, 0.3) is 11.1 Å². The Morgan fingerprint density at radius 3 is 1.76 bits per heavy atom. The quantitative estimate of drug-likeness (QED) is 0.0345. The van der Waals surface area contributed by atoms with Gasteiger partial charge in [0.15, 0.2) is 11.6 Å². The minimum atomic E-state index is -1.63. The number of azo groups is 2. The summed E-state index contributed by atoms with van der Waals surface area (Å²) in [6.07, 6.45) is 0.0474. The molecule has 0 atom stereocenters. The summed E-state index contributed by atoms with van der Waals surface area (Å²) in [6.45, 7) is 9.28. The third-order valence-corrected chi connectivity index (χ3v) is 9.01.